The summed E-state index contributed by atoms with van der Waals surface area (Å²) in [6, 6.07) is 3.34. The van der Waals surface area contributed by atoms with Gasteiger partial charge < -0.3 is 5.32 Å². The van der Waals surface area contributed by atoms with Crippen molar-refractivity contribution in [2.75, 3.05) is 5.32 Å². The van der Waals surface area contributed by atoms with Crippen molar-refractivity contribution in [3.8, 4) is 0 Å². The van der Waals surface area contributed by atoms with Gasteiger partial charge in [-0.15, -0.1) is 0 Å². The molecule has 0 saturated carbocycles. The van der Waals surface area contributed by atoms with Crippen LogP contribution in [0.15, 0.2) is 30.6 Å². The molecule has 16 heavy (non-hydrogen) atoms. The van der Waals surface area contributed by atoms with Crippen molar-refractivity contribution < 1.29 is 8.78 Å². The highest BCUT2D eigenvalue weighted by molar-refractivity contribution is 5.44. The van der Waals surface area contributed by atoms with Gasteiger partial charge in [0, 0.05) is 37.1 Å². The molecule has 0 bridgehead atoms. The van der Waals surface area contributed by atoms with Gasteiger partial charge in [-0.05, 0) is 12.1 Å². The molecule has 5 heteroatoms. The minimum absolute atomic E-state index is 0.418. The zero-order valence-electron chi connectivity index (χ0n) is 8.74. The van der Waals surface area contributed by atoms with Gasteiger partial charge in [0.1, 0.15) is 11.6 Å². The quantitative estimate of drug-likeness (QED) is 0.865. The second-order valence-electron chi connectivity index (χ2n) is 3.53. The summed E-state index contributed by atoms with van der Waals surface area (Å²) in [4.78, 5) is 0. The minimum Gasteiger partial charge on any atom is -0.381 e. The van der Waals surface area contributed by atoms with Gasteiger partial charge in [0.2, 0.25) is 0 Å². The maximum Gasteiger partial charge on any atom is 0.128 e. The van der Waals surface area contributed by atoms with E-state index < -0.39 is 11.6 Å². The molecule has 0 radical (unpaired) electrons. The Hall–Kier alpha value is -1.91. The second kappa shape index (κ2) is 4.30. The van der Waals surface area contributed by atoms with Crippen molar-refractivity contribution in [3.63, 3.8) is 0 Å². The number of aromatic nitrogens is 2. The van der Waals surface area contributed by atoms with Gasteiger partial charge >= 0.3 is 0 Å². The van der Waals surface area contributed by atoms with Crippen LogP contribution in [0.2, 0.25) is 0 Å². The van der Waals surface area contributed by atoms with Crippen molar-refractivity contribution in [2.45, 2.75) is 6.54 Å². The predicted molar refractivity (Wildman–Crippen MR) is 56.9 cm³/mol. The zero-order valence-corrected chi connectivity index (χ0v) is 8.74. The van der Waals surface area contributed by atoms with Crippen LogP contribution in [0.3, 0.4) is 0 Å². The molecule has 1 aromatic heterocycles. The summed E-state index contributed by atoms with van der Waals surface area (Å²) in [5.41, 5.74) is 1.37. The Bertz CT molecular complexity index is 473. The van der Waals surface area contributed by atoms with Gasteiger partial charge in [0.05, 0.1) is 6.20 Å². The molecule has 0 aliphatic heterocycles. The monoisotopic (exact) mass is 223 g/mol. The van der Waals surface area contributed by atoms with Crippen LogP contribution in [0.1, 0.15) is 5.56 Å². The number of anilines is 1. The molecule has 0 spiro atoms. The normalized spacial score (nSPS) is 10.4. The standard InChI is InChI=1S/C11H11F2N3/c1-16-7-8(6-15-16)5-14-11-3-9(12)2-10(13)4-11/h2-4,6-7,14H,5H2,1H3. The Morgan fingerprint density at radius 3 is 2.50 bits per heavy atom. The number of hydrogen-bond donors (Lipinski definition) is 1. The molecule has 0 aliphatic carbocycles. The molecule has 0 amide bonds. The van der Waals surface area contributed by atoms with E-state index in [0.717, 1.165) is 11.6 Å². The number of hydrogen-bond acceptors (Lipinski definition) is 2. The maximum absolute atomic E-state index is 12.9. The molecule has 0 atom stereocenters. The summed E-state index contributed by atoms with van der Waals surface area (Å²) >= 11 is 0. The number of nitrogens with zero attached hydrogens (tertiary/aromatic N) is 2. The first kappa shape index (κ1) is 10.6. The number of rotatable bonds is 3. The number of halogens is 2. The van der Waals surface area contributed by atoms with Gasteiger partial charge in [-0.3, -0.25) is 4.68 Å². The molecule has 0 unspecified atom stereocenters. The van der Waals surface area contributed by atoms with E-state index in [1.807, 2.05) is 13.2 Å². The third-order valence-electron chi connectivity index (χ3n) is 2.12. The molecule has 0 aliphatic rings. The fourth-order valence-corrected chi connectivity index (χ4v) is 1.42. The fourth-order valence-electron chi connectivity index (χ4n) is 1.42. The minimum atomic E-state index is -0.589. The lowest BCUT2D eigenvalue weighted by molar-refractivity contribution is 0.584. The lowest BCUT2D eigenvalue weighted by Crippen LogP contribution is -1.99. The molecular formula is C11H11F2N3. The Morgan fingerprint density at radius 2 is 1.94 bits per heavy atom. The van der Waals surface area contributed by atoms with E-state index in [1.165, 1.54) is 12.1 Å². The molecule has 1 N–H and O–H groups in total. The highest BCUT2D eigenvalue weighted by Gasteiger charge is 2.01. The van der Waals surface area contributed by atoms with E-state index >= 15 is 0 Å². The van der Waals surface area contributed by atoms with E-state index in [0.29, 0.717) is 12.2 Å². The molecule has 1 aromatic carbocycles. The van der Waals surface area contributed by atoms with E-state index in [9.17, 15) is 8.78 Å². The molecule has 3 nitrogen and oxygen atoms in total. The van der Waals surface area contributed by atoms with Gasteiger partial charge in [0.25, 0.3) is 0 Å². The summed E-state index contributed by atoms with van der Waals surface area (Å²) in [7, 11) is 1.81. The van der Waals surface area contributed by atoms with Gasteiger partial charge in [-0.2, -0.15) is 5.10 Å². The van der Waals surface area contributed by atoms with Crippen LogP contribution >= 0.6 is 0 Å². The Morgan fingerprint density at radius 1 is 1.25 bits per heavy atom. The highest BCUT2D eigenvalue weighted by Crippen LogP contribution is 2.13. The van der Waals surface area contributed by atoms with E-state index in [2.05, 4.69) is 10.4 Å². The van der Waals surface area contributed by atoms with E-state index in [4.69, 9.17) is 0 Å². The molecular weight excluding hydrogens is 212 g/mol. The van der Waals surface area contributed by atoms with Crippen molar-refractivity contribution >= 4 is 5.69 Å². The van der Waals surface area contributed by atoms with Gasteiger partial charge in [-0.1, -0.05) is 0 Å². The second-order valence-corrected chi connectivity index (χ2v) is 3.53. The lowest BCUT2D eigenvalue weighted by Gasteiger charge is -2.04. The smallest absolute Gasteiger partial charge is 0.128 e. The van der Waals surface area contributed by atoms with Gasteiger partial charge in [0.15, 0.2) is 0 Å². The Labute approximate surface area is 91.7 Å². The lowest BCUT2D eigenvalue weighted by atomic mass is 10.3. The molecule has 2 aromatic rings. The highest BCUT2D eigenvalue weighted by atomic mass is 19.1. The van der Waals surface area contributed by atoms with Crippen LogP contribution < -0.4 is 5.32 Å². The van der Waals surface area contributed by atoms with E-state index in [-0.39, 0.29) is 0 Å². The van der Waals surface area contributed by atoms with Crippen molar-refractivity contribution in [1.82, 2.24) is 9.78 Å². The fraction of sp³-hybridized carbons (Fsp3) is 0.182. The van der Waals surface area contributed by atoms with Crippen LogP contribution in [0.25, 0.3) is 0 Å². The third-order valence-corrected chi connectivity index (χ3v) is 2.12. The van der Waals surface area contributed by atoms with Crippen molar-refractivity contribution in [1.29, 1.82) is 0 Å². The van der Waals surface area contributed by atoms with Gasteiger partial charge in [-0.25, -0.2) is 8.78 Å². The van der Waals surface area contributed by atoms with Crippen LogP contribution in [-0.2, 0) is 13.6 Å². The van der Waals surface area contributed by atoms with Crippen molar-refractivity contribution in [3.05, 3.63) is 47.8 Å². The molecule has 1 heterocycles. The third kappa shape index (κ3) is 2.56. The topological polar surface area (TPSA) is 29.9 Å². The first-order valence-electron chi connectivity index (χ1n) is 4.81. The number of benzene rings is 1. The largest absolute Gasteiger partial charge is 0.381 e. The Kier molecular flexibility index (Phi) is 2.85. The molecule has 0 fully saturated rings. The van der Waals surface area contributed by atoms with Crippen molar-refractivity contribution in [2.24, 2.45) is 7.05 Å². The average Bonchev–Trinajstić information content (AvgIpc) is 2.60. The van der Waals surface area contributed by atoms with Crippen LogP contribution in [-0.4, -0.2) is 9.78 Å². The van der Waals surface area contributed by atoms with Crippen LogP contribution in [0, 0.1) is 11.6 Å². The maximum atomic E-state index is 12.9. The summed E-state index contributed by atoms with van der Waals surface area (Å²) in [6.45, 7) is 0.483. The van der Waals surface area contributed by atoms with Crippen LogP contribution in [0.5, 0.6) is 0 Å². The predicted octanol–water partition coefficient (Wildman–Crippen LogP) is 2.31. The molecule has 84 valence electrons. The first-order chi connectivity index (χ1) is 7.63. The summed E-state index contributed by atoms with van der Waals surface area (Å²) in [5.74, 6) is -1.18. The Balaban J connectivity index is 2.04. The summed E-state index contributed by atoms with van der Waals surface area (Å²) in [5, 5.41) is 6.92. The molecule has 0 saturated heterocycles. The molecule has 2 rings (SSSR count). The van der Waals surface area contributed by atoms with Crippen LogP contribution in [0.4, 0.5) is 14.5 Å². The summed E-state index contributed by atoms with van der Waals surface area (Å²) in [6.07, 6.45) is 3.53. The first-order valence-corrected chi connectivity index (χ1v) is 4.81. The number of nitrogens with one attached hydrogen (secondary N) is 1. The average molecular weight is 223 g/mol. The van der Waals surface area contributed by atoms with E-state index in [1.54, 1.807) is 10.9 Å². The zero-order chi connectivity index (χ0) is 11.5. The summed E-state index contributed by atoms with van der Waals surface area (Å²) < 4.78 is 27.4. The number of aryl methyl sites for hydroxylation is 1. The SMILES string of the molecule is Cn1cc(CNc2cc(F)cc(F)c2)cn1.